The van der Waals surface area contributed by atoms with Crippen LogP contribution in [0.4, 0.5) is 0 Å². The van der Waals surface area contributed by atoms with Crippen molar-refractivity contribution in [3.05, 3.63) is 29.3 Å². The van der Waals surface area contributed by atoms with Crippen molar-refractivity contribution in [3.8, 4) is 5.75 Å². The molecule has 0 atom stereocenters. The van der Waals surface area contributed by atoms with E-state index >= 15 is 0 Å². The summed E-state index contributed by atoms with van der Waals surface area (Å²) in [5.74, 6) is 1.51. The van der Waals surface area contributed by atoms with Gasteiger partial charge in [0.25, 0.3) is 0 Å². The number of nitrogens with two attached hydrogens (primary N) is 1. The smallest absolute Gasteiger partial charge is 0.121 e. The Morgan fingerprint density at radius 2 is 2.21 bits per heavy atom. The Labute approximate surface area is 89.0 Å². The van der Waals surface area contributed by atoms with Crippen molar-refractivity contribution < 1.29 is 4.74 Å². The topological polar surface area (TPSA) is 35.2 Å². The van der Waals surface area contributed by atoms with Crippen molar-refractivity contribution in [1.82, 2.24) is 0 Å². The van der Waals surface area contributed by atoms with Crippen LogP contribution < -0.4 is 10.5 Å². The highest BCUT2D eigenvalue weighted by molar-refractivity contribution is 6.30. The highest BCUT2D eigenvalue weighted by Gasteiger charge is 2.29. The summed E-state index contributed by atoms with van der Waals surface area (Å²) in [6.45, 7) is 0.773. The average Bonchev–Trinajstić information content (AvgIpc) is 2.10. The third-order valence-corrected chi connectivity index (χ3v) is 2.86. The molecule has 1 aromatic rings. The summed E-state index contributed by atoms with van der Waals surface area (Å²) in [5.41, 5.74) is 5.54. The van der Waals surface area contributed by atoms with Crippen LogP contribution in [0.2, 0.25) is 5.02 Å². The maximum atomic E-state index is 5.85. The lowest BCUT2D eigenvalue weighted by Gasteiger charge is -2.34. The second-order valence-electron chi connectivity index (χ2n) is 3.77. The van der Waals surface area contributed by atoms with E-state index in [9.17, 15) is 0 Å². The van der Waals surface area contributed by atoms with Crippen molar-refractivity contribution in [2.75, 3.05) is 6.54 Å². The zero-order chi connectivity index (χ0) is 9.97. The van der Waals surface area contributed by atoms with Gasteiger partial charge in [-0.05, 0) is 43.5 Å². The molecule has 2 rings (SSSR count). The van der Waals surface area contributed by atoms with Gasteiger partial charge in [0.2, 0.25) is 0 Å². The van der Waals surface area contributed by atoms with Crippen LogP contribution in [0.1, 0.15) is 12.8 Å². The summed E-state index contributed by atoms with van der Waals surface area (Å²) in [7, 11) is 0. The number of halogens is 1. The van der Waals surface area contributed by atoms with Crippen LogP contribution in [0.5, 0.6) is 5.75 Å². The highest BCUT2D eigenvalue weighted by atomic mass is 35.5. The first-order valence-corrected chi connectivity index (χ1v) is 5.28. The first-order valence-electron chi connectivity index (χ1n) is 4.90. The minimum atomic E-state index is 0.335. The van der Waals surface area contributed by atoms with Gasteiger partial charge in [-0.3, -0.25) is 0 Å². The molecule has 0 unspecified atom stereocenters. The first kappa shape index (κ1) is 9.81. The second kappa shape index (κ2) is 4.20. The molecule has 1 aliphatic carbocycles. The third-order valence-electron chi connectivity index (χ3n) is 2.62. The molecule has 76 valence electrons. The fourth-order valence-electron chi connectivity index (χ4n) is 1.70. The third kappa shape index (κ3) is 2.20. The Morgan fingerprint density at radius 1 is 1.43 bits per heavy atom. The van der Waals surface area contributed by atoms with Gasteiger partial charge in [0.15, 0.2) is 0 Å². The Hall–Kier alpha value is -0.730. The summed E-state index contributed by atoms with van der Waals surface area (Å²) in [6, 6.07) is 7.52. The van der Waals surface area contributed by atoms with Crippen LogP contribution in [-0.4, -0.2) is 12.6 Å². The van der Waals surface area contributed by atoms with Crippen molar-refractivity contribution in [2.45, 2.75) is 18.9 Å². The van der Waals surface area contributed by atoms with Crippen LogP contribution in [0.15, 0.2) is 24.3 Å². The monoisotopic (exact) mass is 211 g/mol. The van der Waals surface area contributed by atoms with Crippen LogP contribution in [0.25, 0.3) is 0 Å². The fraction of sp³-hybridized carbons (Fsp3) is 0.455. The molecule has 0 radical (unpaired) electrons. The van der Waals surface area contributed by atoms with Crippen molar-refractivity contribution in [1.29, 1.82) is 0 Å². The maximum absolute atomic E-state index is 5.85. The molecule has 1 fully saturated rings. The molecule has 0 saturated heterocycles. The summed E-state index contributed by atoms with van der Waals surface area (Å²) >= 11 is 5.85. The van der Waals surface area contributed by atoms with E-state index < -0.39 is 0 Å². The quantitative estimate of drug-likeness (QED) is 0.834. The number of ether oxygens (including phenoxy) is 1. The molecule has 1 aliphatic rings. The molecule has 2 nitrogen and oxygen atoms in total. The summed E-state index contributed by atoms with van der Waals surface area (Å²) in [6.07, 6.45) is 2.48. The Balaban J connectivity index is 1.87. The zero-order valence-electron chi connectivity index (χ0n) is 7.95. The molecule has 14 heavy (non-hydrogen) atoms. The molecule has 0 heterocycles. The molecule has 1 aromatic carbocycles. The molecule has 0 bridgehead atoms. The normalized spacial score (nSPS) is 25.6. The Morgan fingerprint density at radius 3 is 2.86 bits per heavy atom. The van der Waals surface area contributed by atoms with Gasteiger partial charge in [-0.15, -0.1) is 0 Å². The largest absolute Gasteiger partial charge is 0.490 e. The maximum Gasteiger partial charge on any atom is 0.121 e. The van der Waals surface area contributed by atoms with Crippen LogP contribution >= 0.6 is 11.6 Å². The lowest BCUT2D eigenvalue weighted by atomic mass is 9.82. The van der Waals surface area contributed by atoms with Crippen molar-refractivity contribution >= 4 is 11.6 Å². The summed E-state index contributed by atoms with van der Waals surface area (Å²) in [4.78, 5) is 0. The van der Waals surface area contributed by atoms with E-state index in [0.29, 0.717) is 12.0 Å². The molecule has 1 saturated carbocycles. The standard InChI is InChI=1S/C11H14ClNO/c12-9-2-1-3-10(6-9)14-11-4-8(5-11)7-13/h1-3,6,8,11H,4-5,7,13H2/t8-,11-. The first-order chi connectivity index (χ1) is 6.78. The van der Waals surface area contributed by atoms with Gasteiger partial charge in [0, 0.05) is 5.02 Å². The van der Waals surface area contributed by atoms with E-state index in [1.807, 2.05) is 24.3 Å². The van der Waals surface area contributed by atoms with E-state index in [4.69, 9.17) is 22.1 Å². The van der Waals surface area contributed by atoms with E-state index in [1.165, 1.54) is 0 Å². The predicted molar refractivity (Wildman–Crippen MR) is 57.6 cm³/mol. The van der Waals surface area contributed by atoms with Gasteiger partial charge < -0.3 is 10.5 Å². The molecule has 0 amide bonds. The summed E-state index contributed by atoms with van der Waals surface area (Å²) < 4.78 is 5.72. The second-order valence-corrected chi connectivity index (χ2v) is 4.21. The van der Waals surface area contributed by atoms with Crippen LogP contribution in [0.3, 0.4) is 0 Å². The van der Waals surface area contributed by atoms with E-state index in [-0.39, 0.29) is 0 Å². The predicted octanol–water partition coefficient (Wildman–Crippen LogP) is 2.46. The molecule has 2 N–H and O–H groups in total. The van der Waals surface area contributed by atoms with E-state index in [1.54, 1.807) is 0 Å². The van der Waals surface area contributed by atoms with Gasteiger partial charge in [-0.2, -0.15) is 0 Å². The van der Waals surface area contributed by atoms with E-state index in [0.717, 1.165) is 30.2 Å². The van der Waals surface area contributed by atoms with Gasteiger partial charge >= 0.3 is 0 Å². The van der Waals surface area contributed by atoms with Gasteiger partial charge in [0.05, 0.1) is 6.10 Å². The van der Waals surface area contributed by atoms with Crippen LogP contribution in [-0.2, 0) is 0 Å². The van der Waals surface area contributed by atoms with Gasteiger partial charge in [-0.1, -0.05) is 17.7 Å². The SMILES string of the molecule is NC[C@H]1C[C@H](Oc2cccc(Cl)c2)C1. The Bertz CT molecular complexity index is 310. The Kier molecular flexibility index (Phi) is 2.94. The van der Waals surface area contributed by atoms with E-state index in [2.05, 4.69) is 0 Å². The fourth-order valence-corrected chi connectivity index (χ4v) is 1.88. The molecular formula is C11H14ClNO. The lowest BCUT2D eigenvalue weighted by molar-refractivity contribution is 0.0691. The van der Waals surface area contributed by atoms with Gasteiger partial charge in [-0.25, -0.2) is 0 Å². The van der Waals surface area contributed by atoms with Gasteiger partial charge in [0.1, 0.15) is 5.75 Å². The minimum absolute atomic E-state index is 0.335. The average molecular weight is 212 g/mol. The molecule has 0 spiro atoms. The molecule has 0 aromatic heterocycles. The molecule has 0 aliphatic heterocycles. The number of hydrogen-bond acceptors (Lipinski definition) is 2. The number of benzene rings is 1. The molecular weight excluding hydrogens is 198 g/mol. The lowest BCUT2D eigenvalue weighted by Crippen LogP contribution is -2.37. The minimum Gasteiger partial charge on any atom is -0.490 e. The number of hydrogen-bond donors (Lipinski definition) is 1. The van der Waals surface area contributed by atoms with Crippen molar-refractivity contribution in [3.63, 3.8) is 0 Å². The van der Waals surface area contributed by atoms with Crippen molar-refractivity contribution in [2.24, 2.45) is 11.7 Å². The highest BCUT2D eigenvalue weighted by Crippen LogP contribution is 2.31. The zero-order valence-corrected chi connectivity index (χ0v) is 8.70. The number of rotatable bonds is 3. The molecule has 3 heteroatoms. The van der Waals surface area contributed by atoms with Crippen LogP contribution in [0, 0.1) is 5.92 Å². The summed E-state index contributed by atoms with van der Waals surface area (Å²) in [5, 5.41) is 0.720.